The van der Waals surface area contributed by atoms with Gasteiger partial charge in [0.05, 0.1) is 5.56 Å². The fourth-order valence-corrected chi connectivity index (χ4v) is 1.98. The number of hydrogen-bond donors (Lipinski definition) is 2. The summed E-state index contributed by atoms with van der Waals surface area (Å²) in [6.07, 6.45) is -2.79. The lowest BCUT2D eigenvalue weighted by atomic mass is 10.1. The van der Waals surface area contributed by atoms with Crippen LogP contribution < -0.4 is 5.32 Å². The van der Waals surface area contributed by atoms with Gasteiger partial charge in [0.15, 0.2) is 0 Å². The minimum Gasteiger partial charge on any atom is -0.356 e. The monoisotopic (exact) mass is 346 g/mol. The van der Waals surface area contributed by atoms with E-state index in [1.165, 1.54) is 12.1 Å². The van der Waals surface area contributed by atoms with Crippen molar-refractivity contribution in [1.29, 1.82) is 0 Å². The molecular formula is C13H10BrF3N2O. The zero-order chi connectivity index (χ0) is 14.8. The summed E-state index contributed by atoms with van der Waals surface area (Å²) >= 11 is 3.19. The number of aromatic amines is 1. The second-order valence-corrected chi connectivity index (χ2v) is 5.03. The number of halogens is 4. The van der Waals surface area contributed by atoms with Crippen LogP contribution in [0.2, 0.25) is 0 Å². The molecule has 1 amide bonds. The van der Waals surface area contributed by atoms with Gasteiger partial charge in [0.25, 0.3) is 5.91 Å². The van der Waals surface area contributed by atoms with Crippen molar-refractivity contribution in [3.8, 4) is 0 Å². The summed E-state index contributed by atoms with van der Waals surface area (Å²) in [6, 6.07) is 6.44. The van der Waals surface area contributed by atoms with E-state index < -0.39 is 11.7 Å². The van der Waals surface area contributed by atoms with Gasteiger partial charge in [-0.1, -0.05) is 12.1 Å². The molecule has 0 aliphatic heterocycles. The Hall–Kier alpha value is -1.76. The molecule has 0 aliphatic carbocycles. The van der Waals surface area contributed by atoms with Crippen LogP contribution in [0.15, 0.2) is 41.0 Å². The first-order chi connectivity index (χ1) is 9.36. The average Bonchev–Trinajstić information content (AvgIpc) is 2.82. The number of carbonyl (C=O) groups excluding carboxylic acids is 1. The second kappa shape index (κ2) is 5.70. The third-order valence-electron chi connectivity index (χ3n) is 2.60. The van der Waals surface area contributed by atoms with Crippen LogP contribution >= 0.6 is 15.9 Å². The van der Waals surface area contributed by atoms with E-state index in [1.54, 1.807) is 12.3 Å². The van der Waals surface area contributed by atoms with Gasteiger partial charge in [0.1, 0.15) is 5.69 Å². The van der Waals surface area contributed by atoms with Crippen molar-refractivity contribution < 1.29 is 18.0 Å². The number of hydrogen-bond acceptors (Lipinski definition) is 1. The number of carbonyl (C=O) groups is 1. The molecule has 0 aliphatic rings. The summed E-state index contributed by atoms with van der Waals surface area (Å²) in [5.41, 5.74) is -0.00508. The van der Waals surface area contributed by atoms with Crippen LogP contribution in [0, 0.1) is 0 Å². The molecule has 7 heteroatoms. The highest BCUT2D eigenvalue weighted by atomic mass is 79.9. The van der Waals surface area contributed by atoms with E-state index in [9.17, 15) is 18.0 Å². The number of H-pyrrole nitrogens is 1. The summed E-state index contributed by atoms with van der Waals surface area (Å²) in [5, 5.41) is 2.55. The zero-order valence-electron chi connectivity index (χ0n) is 10.1. The molecule has 1 heterocycles. The van der Waals surface area contributed by atoms with Crippen LogP contribution in [0.4, 0.5) is 13.2 Å². The second-order valence-electron chi connectivity index (χ2n) is 4.11. The summed E-state index contributed by atoms with van der Waals surface area (Å²) in [7, 11) is 0. The Labute approximate surface area is 121 Å². The quantitative estimate of drug-likeness (QED) is 0.873. The fourth-order valence-electron chi connectivity index (χ4n) is 1.63. The van der Waals surface area contributed by atoms with Crippen molar-refractivity contribution >= 4 is 21.8 Å². The molecule has 0 bridgehead atoms. The largest absolute Gasteiger partial charge is 0.416 e. The van der Waals surface area contributed by atoms with Gasteiger partial charge in [-0.05, 0) is 39.7 Å². The highest BCUT2D eigenvalue weighted by molar-refractivity contribution is 9.10. The van der Waals surface area contributed by atoms with Gasteiger partial charge in [-0.15, -0.1) is 0 Å². The Morgan fingerprint density at radius 3 is 2.65 bits per heavy atom. The summed E-state index contributed by atoms with van der Waals surface area (Å²) in [6.45, 7) is 0.0272. The highest BCUT2D eigenvalue weighted by Crippen LogP contribution is 2.29. The molecule has 0 unspecified atom stereocenters. The van der Waals surface area contributed by atoms with Crippen LogP contribution in [-0.4, -0.2) is 10.9 Å². The van der Waals surface area contributed by atoms with Crippen molar-refractivity contribution in [3.05, 3.63) is 57.8 Å². The molecule has 0 radical (unpaired) electrons. The normalized spacial score (nSPS) is 11.4. The smallest absolute Gasteiger partial charge is 0.356 e. The van der Waals surface area contributed by atoms with E-state index in [0.29, 0.717) is 11.3 Å². The van der Waals surface area contributed by atoms with Crippen molar-refractivity contribution in [1.82, 2.24) is 10.3 Å². The third-order valence-corrected chi connectivity index (χ3v) is 3.06. The van der Waals surface area contributed by atoms with E-state index in [-0.39, 0.29) is 12.5 Å². The third kappa shape index (κ3) is 3.63. The minimum atomic E-state index is -4.38. The van der Waals surface area contributed by atoms with Gasteiger partial charge in [-0.25, -0.2) is 0 Å². The van der Waals surface area contributed by atoms with Gasteiger partial charge in [-0.2, -0.15) is 13.2 Å². The Bertz CT molecular complexity index is 622. The Kier molecular flexibility index (Phi) is 4.17. The maximum Gasteiger partial charge on any atom is 0.416 e. The first-order valence-corrected chi connectivity index (χ1v) is 6.44. The van der Waals surface area contributed by atoms with Crippen LogP contribution in [0.3, 0.4) is 0 Å². The molecule has 0 saturated heterocycles. The van der Waals surface area contributed by atoms with Crippen LogP contribution in [0.25, 0.3) is 0 Å². The maximum atomic E-state index is 12.5. The average molecular weight is 347 g/mol. The van der Waals surface area contributed by atoms with Gasteiger partial charge in [-0.3, -0.25) is 4.79 Å². The predicted octanol–water partition coefficient (Wildman–Crippen LogP) is 3.73. The van der Waals surface area contributed by atoms with Crippen LogP contribution in [0.5, 0.6) is 0 Å². The summed E-state index contributed by atoms with van der Waals surface area (Å²) in [5.74, 6) is -0.381. The lowest BCUT2D eigenvalue weighted by Crippen LogP contribution is -2.23. The molecule has 0 saturated carbocycles. The lowest BCUT2D eigenvalue weighted by molar-refractivity contribution is -0.137. The summed E-state index contributed by atoms with van der Waals surface area (Å²) < 4.78 is 38.3. The number of amides is 1. The van der Waals surface area contributed by atoms with Crippen LogP contribution in [-0.2, 0) is 12.7 Å². The topological polar surface area (TPSA) is 44.9 Å². The number of nitrogens with one attached hydrogen (secondary N) is 2. The lowest BCUT2D eigenvalue weighted by Gasteiger charge is -2.09. The number of rotatable bonds is 3. The van der Waals surface area contributed by atoms with E-state index in [4.69, 9.17) is 0 Å². The Morgan fingerprint density at radius 2 is 2.05 bits per heavy atom. The molecule has 2 aromatic rings. The predicted molar refractivity (Wildman–Crippen MR) is 71.1 cm³/mol. The SMILES string of the molecule is O=C(NCc1cccc(C(F)(F)F)c1)c1cc(Br)c[nH]1. The number of benzene rings is 1. The van der Waals surface area contributed by atoms with Crippen molar-refractivity contribution in [2.75, 3.05) is 0 Å². The van der Waals surface area contributed by atoms with Gasteiger partial charge in [0, 0.05) is 17.2 Å². The van der Waals surface area contributed by atoms with E-state index >= 15 is 0 Å². The molecule has 2 rings (SSSR count). The number of alkyl halides is 3. The Balaban J connectivity index is 2.02. The first-order valence-electron chi connectivity index (χ1n) is 5.64. The fraction of sp³-hybridized carbons (Fsp3) is 0.154. The van der Waals surface area contributed by atoms with Crippen LogP contribution in [0.1, 0.15) is 21.6 Å². The van der Waals surface area contributed by atoms with Crippen molar-refractivity contribution in [3.63, 3.8) is 0 Å². The van der Waals surface area contributed by atoms with E-state index in [0.717, 1.165) is 16.6 Å². The van der Waals surface area contributed by atoms with Gasteiger partial charge >= 0.3 is 6.18 Å². The molecule has 2 N–H and O–H groups in total. The molecule has 0 spiro atoms. The standard InChI is InChI=1S/C13H10BrF3N2O/c14-10-5-11(18-7-10)12(20)19-6-8-2-1-3-9(4-8)13(15,16)17/h1-5,7,18H,6H2,(H,19,20). The minimum absolute atomic E-state index is 0.0272. The van der Waals surface area contributed by atoms with E-state index in [1.807, 2.05) is 0 Å². The van der Waals surface area contributed by atoms with Gasteiger partial charge in [0.2, 0.25) is 0 Å². The zero-order valence-corrected chi connectivity index (χ0v) is 11.7. The molecule has 3 nitrogen and oxygen atoms in total. The Morgan fingerprint density at radius 1 is 1.30 bits per heavy atom. The highest BCUT2D eigenvalue weighted by Gasteiger charge is 2.30. The van der Waals surface area contributed by atoms with Gasteiger partial charge < -0.3 is 10.3 Å². The number of aromatic nitrogens is 1. The molecular weight excluding hydrogens is 337 g/mol. The molecule has 106 valence electrons. The van der Waals surface area contributed by atoms with E-state index in [2.05, 4.69) is 26.2 Å². The molecule has 1 aromatic carbocycles. The van der Waals surface area contributed by atoms with Crippen molar-refractivity contribution in [2.45, 2.75) is 12.7 Å². The molecule has 1 aromatic heterocycles. The van der Waals surface area contributed by atoms with Crippen molar-refractivity contribution in [2.24, 2.45) is 0 Å². The molecule has 20 heavy (non-hydrogen) atoms. The first kappa shape index (κ1) is 14.6. The summed E-state index contributed by atoms with van der Waals surface area (Å²) in [4.78, 5) is 14.5. The maximum absolute atomic E-state index is 12.5. The molecule has 0 fully saturated rings. The molecule has 0 atom stereocenters.